The van der Waals surface area contributed by atoms with Crippen LogP contribution in [-0.4, -0.2) is 52.8 Å². The monoisotopic (exact) mass is 493 g/mol. The molecule has 188 valence electrons. The molecule has 0 aliphatic carbocycles. The molecule has 0 bridgehead atoms. The van der Waals surface area contributed by atoms with Crippen molar-refractivity contribution in [3.63, 3.8) is 0 Å². The number of carbonyl (C=O) groups is 2. The molecule has 0 spiro atoms. The quantitative estimate of drug-likeness (QED) is 0.406. The first kappa shape index (κ1) is 23.3. The summed E-state index contributed by atoms with van der Waals surface area (Å²) in [7, 11) is 1.65. The minimum atomic E-state index is -0.468. The molecule has 1 saturated heterocycles. The maximum atomic E-state index is 13.8. The van der Waals surface area contributed by atoms with E-state index in [0.717, 1.165) is 40.8 Å². The molecule has 0 unspecified atom stereocenters. The van der Waals surface area contributed by atoms with E-state index < -0.39 is 6.04 Å². The van der Waals surface area contributed by atoms with E-state index in [1.54, 1.807) is 12.0 Å². The van der Waals surface area contributed by atoms with E-state index >= 15 is 0 Å². The molecule has 2 atom stereocenters. The second-order valence-corrected chi connectivity index (χ2v) is 9.98. The average Bonchev–Trinajstić information content (AvgIpc) is 3.32. The number of amides is 2. The van der Waals surface area contributed by atoms with Gasteiger partial charge in [-0.1, -0.05) is 60.7 Å². The van der Waals surface area contributed by atoms with Gasteiger partial charge in [-0.15, -0.1) is 0 Å². The number of nitrogens with zero attached hydrogens (tertiary/aromatic N) is 2. The second kappa shape index (κ2) is 9.77. The van der Waals surface area contributed by atoms with Crippen molar-refractivity contribution in [2.75, 3.05) is 20.2 Å². The Bertz CT molecular complexity index is 1430. The standard InChI is InChI=1S/C31H31N3O3/c1-37-23-14-11-22(12-15-23)17-18-33-20-29(35)34-27(16-13-21-7-3-2-4-8-21)30-25(19-28(34)31(33)36)24-9-5-6-10-26(24)32-30/h2-12,14-15,27-28,32H,13,16-20H2,1H3/t27-,28-/m0/s1. The predicted octanol–water partition coefficient (Wildman–Crippen LogP) is 4.69. The fourth-order valence-electron chi connectivity index (χ4n) is 5.94. The van der Waals surface area contributed by atoms with Gasteiger partial charge in [0.15, 0.2) is 0 Å². The fourth-order valence-corrected chi connectivity index (χ4v) is 5.94. The number of hydrogen-bond acceptors (Lipinski definition) is 3. The molecule has 2 aliphatic heterocycles. The molecular formula is C31H31N3O3. The van der Waals surface area contributed by atoms with Crippen LogP contribution in [0.1, 0.15) is 34.8 Å². The van der Waals surface area contributed by atoms with Gasteiger partial charge in [0.2, 0.25) is 11.8 Å². The molecule has 6 heteroatoms. The van der Waals surface area contributed by atoms with Gasteiger partial charge in [-0.25, -0.2) is 0 Å². The van der Waals surface area contributed by atoms with Gasteiger partial charge in [0.25, 0.3) is 0 Å². The third-order valence-electron chi connectivity index (χ3n) is 7.84. The van der Waals surface area contributed by atoms with Crippen LogP contribution >= 0.6 is 0 Å². The van der Waals surface area contributed by atoms with E-state index in [0.29, 0.717) is 19.4 Å². The molecular weight excluding hydrogens is 462 g/mol. The Morgan fingerprint density at radius 1 is 0.892 bits per heavy atom. The Morgan fingerprint density at radius 2 is 1.62 bits per heavy atom. The van der Waals surface area contributed by atoms with Crippen molar-refractivity contribution in [3.05, 3.63) is 101 Å². The van der Waals surface area contributed by atoms with E-state index in [4.69, 9.17) is 4.74 Å². The molecule has 2 aliphatic rings. The number of benzene rings is 3. The summed E-state index contributed by atoms with van der Waals surface area (Å²) < 4.78 is 5.25. The normalized spacial score (nSPS) is 19.2. The number of carbonyl (C=O) groups excluding carboxylic acids is 2. The van der Waals surface area contributed by atoms with Gasteiger partial charge in [-0.3, -0.25) is 9.59 Å². The first-order valence-electron chi connectivity index (χ1n) is 13.0. The lowest BCUT2D eigenvalue weighted by Gasteiger charge is -2.47. The molecule has 6 nitrogen and oxygen atoms in total. The summed E-state index contributed by atoms with van der Waals surface area (Å²) in [5.41, 5.74) is 5.67. The lowest BCUT2D eigenvalue weighted by Crippen LogP contribution is -2.63. The third-order valence-corrected chi connectivity index (χ3v) is 7.84. The smallest absolute Gasteiger partial charge is 0.246 e. The van der Waals surface area contributed by atoms with Crippen molar-refractivity contribution in [1.29, 1.82) is 0 Å². The molecule has 6 rings (SSSR count). The highest BCUT2D eigenvalue weighted by Crippen LogP contribution is 2.41. The molecule has 2 amide bonds. The van der Waals surface area contributed by atoms with E-state index in [1.165, 1.54) is 11.1 Å². The molecule has 0 radical (unpaired) electrons. The van der Waals surface area contributed by atoms with Gasteiger partial charge >= 0.3 is 0 Å². The number of aromatic amines is 1. The third kappa shape index (κ3) is 4.37. The number of hydrogen-bond donors (Lipinski definition) is 1. The number of nitrogens with one attached hydrogen (secondary N) is 1. The van der Waals surface area contributed by atoms with Crippen LogP contribution in [0.25, 0.3) is 10.9 Å². The Labute approximate surface area is 216 Å². The molecule has 37 heavy (non-hydrogen) atoms. The summed E-state index contributed by atoms with van der Waals surface area (Å²) in [6.07, 6.45) is 2.85. The number of methoxy groups -OCH3 is 1. The largest absolute Gasteiger partial charge is 0.497 e. The summed E-state index contributed by atoms with van der Waals surface area (Å²) in [6, 6.07) is 25.9. The van der Waals surface area contributed by atoms with Crippen molar-refractivity contribution in [2.45, 2.75) is 37.8 Å². The van der Waals surface area contributed by atoms with Crippen LogP contribution in [0.15, 0.2) is 78.9 Å². The van der Waals surface area contributed by atoms with E-state index in [2.05, 4.69) is 29.2 Å². The van der Waals surface area contributed by atoms with Crippen molar-refractivity contribution in [3.8, 4) is 5.75 Å². The minimum absolute atomic E-state index is 0.0294. The molecule has 0 saturated carbocycles. The predicted molar refractivity (Wildman–Crippen MR) is 143 cm³/mol. The fraction of sp³-hybridized carbons (Fsp3) is 0.290. The Hall–Kier alpha value is -4.06. The number of ether oxygens (including phenoxy) is 1. The van der Waals surface area contributed by atoms with E-state index in [9.17, 15) is 9.59 Å². The Morgan fingerprint density at radius 3 is 2.41 bits per heavy atom. The Kier molecular flexibility index (Phi) is 6.16. The number of rotatable bonds is 7. The molecule has 1 aromatic heterocycles. The van der Waals surface area contributed by atoms with Gasteiger partial charge in [-0.05, 0) is 54.2 Å². The molecule has 3 heterocycles. The number of para-hydroxylation sites is 1. The van der Waals surface area contributed by atoms with Gasteiger partial charge in [0.05, 0.1) is 19.7 Å². The van der Waals surface area contributed by atoms with Crippen LogP contribution in [0.4, 0.5) is 0 Å². The van der Waals surface area contributed by atoms with Crippen LogP contribution in [0.3, 0.4) is 0 Å². The zero-order valence-corrected chi connectivity index (χ0v) is 21.0. The van der Waals surface area contributed by atoms with Crippen molar-refractivity contribution < 1.29 is 14.3 Å². The molecule has 4 aromatic rings. The molecule has 3 aromatic carbocycles. The van der Waals surface area contributed by atoms with Gasteiger partial charge in [0, 0.05) is 29.6 Å². The first-order valence-corrected chi connectivity index (χ1v) is 13.0. The van der Waals surface area contributed by atoms with Crippen molar-refractivity contribution in [2.24, 2.45) is 0 Å². The maximum absolute atomic E-state index is 13.8. The highest BCUT2D eigenvalue weighted by atomic mass is 16.5. The lowest BCUT2D eigenvalue weighted by molar-refractivity contribution is -0.159. The van der Waals surface area contributed by atoms with Crippen LogP contribution in [0.2, 0.25) is 0 Å². The molecule has 1 fully saturated rings. The van der Waals surface area contributed by atoms with E-state index in [1.807, 2.05) is 59.5 Å². The van der Waals surface area contributed by atoms with Crippen LogP contribution in [0.5, 0.6) is 5.75 Å². The van der Waals surface area contributed by atoms with Gasteiger partial charge < -0.3 is 19.5 Å². The zero-order chi connectivity index (χ0) is 25.4. The first-order chi connectivity index (χ1) is 18.1. The number of aryl methyl sites for hydroxylation is 1. The molecule has 1 N–H and O–H groups in total. The van der Waals surface area contributed by atoms with Gasteiger partial charge in [0.1, 0.15) is 11.8 Å². The highest BCUT2D eigenvalue weighted by Gasteiger charge is 2.47. The second-order valence-electron chi connectivity index (χ2n) is 9.98. The SMILES string of the molecule is COc1ccc(CCN2CC(=O)N3[C@@H](Cc4c([nH]c5ccccc45)[C@@H]3CCc3ccccc3)C2=O)cc1. The summed E-state index contributed by atoms with van der Waals surface area (Å²) >= 11 is 0. The number of fused-ring (bicyclic) bond motifs is 4. The van der Waals surface area contributed by atoms with Crippen molar-refractivity contribution in [1.82, 2.24) is 14.8 Å². The topological polar surface area (TPSA) is 65.6 Å². The highest BCUT2D eigenvalue weighted by molar-refractivity contribution is 5.97. The van der Waals surface area contributed by atoms with E-state index in [-0.39, 0.29) is 24.4 Å². The maximum Gasteiger partial charge on any atom is 0.246 e. The Balaban J connectivity index is 1.28. The van der Waals surface area contributed by atoms with Crippen LogP contribution in [0, 0.1) is 0 Å². The van der Waals surface area contributed by atoms with Crippen LogP contribution < -0.4 is 4.74 Å². The summed E-state index contributed by atoms with van der Waals surface area (Å²) in [4.78, 5) is 34.7. The van der Waals surface area contributed by atoms with Gasteiger partial charge in [-0.2, -0.15) is 0 Å². The number of piperazine rings is 1. The number of H-pyrrole nitrogens is 1. The van der Waals surface area contributed by atoms with Crippen molar-refractivity contribution >= 4 is 22.7 Å². The lowest BCUT2D eigenvalue weighted by atomic mass is 9.86. The summed E-state index contributed by atoms with van der Waals surface area (Å²) in [5, 5.41) is 1.15. The zero-order valence-electron chi connectivity index (χ0n) is 21.0. The minimum Gasteiger partial charge on any atom is -0.497 e. The summed E-state index contributed by atoms with van der Waals surface area (Å²) in [6.45, 7) is 0.652. The summed E-state index contributed by atoms with van der Waals surface area (Å²) in [5.74, 6) is 0.886. The average molecular weight is 494 g/mol. The van der Waals surface area contributed by atoms with Crippen LogP contribution in [-0.2, 0) is 28.9 Å². The number of aromatic nitrogens is 1.